The van der Waals surface area contributed by atoms with Crippen molar-refractivity contribution in [2.24, 2.45) is 17.8 Å². The molecule has 1 aromatic heterocycles. The van der Waals surface area contributed by atoms with E-state index in [2.05, 4.69) is 15.3 Å². The first-order valence-electron chi connectivity index (χ1n) is 6.99. The maximum Gasteiger partial charge on any atom is 0.229 e. The molecule has 0 spiro atoms. The van der Waals surface area contributed by atoms with Gasteiger partial charge in [0, 0.05) is 6.54 Å². The van der Waals surface area contributed by atoms with Crippen LogP contribution in [0.1, 0.15) is 25.7 Å². The molecule has 5 nitrogen and oxygen atoms in total. The number of hydrogen-bond acceptors (Lipinski definition) is 5. The third-order valence-corrected chi connectivity index (χ3v) is 4.50. The monoisotopic (exact) mass is 263 g/mol. The van der Waals surface area contributed by atoms with E-state index in [0.29, 0.717) is 17.7 Å². The zero-order valence-electron chi connectivity index (χ0n) is 11.6. The highest BCUT2D eigenvalue weighted by atomic mass is 16.5. The maximum absolute atomic E-state index is 5.15. The summed E-state index contributed by atoms with van der Waals surface area (Å²) < 4.78 is 10.3. The first-order chi connectivity index (χ1) is 9.28. The molecule has 2 saturated carbocycles. The van der Waals surface area contributed by atoms with Gasteiger partial charge in [0.25, 0.3) is 0 Å². The molecule has 2 aliphatic rings. The number of nitrogens with one attached hydrogen (secondary N) is 1. The standard InChI is InChI=1S/C14H21N3O2/c1-18-12-7-13(19-2)17-14(16-12)15-8-11-6-9-3-4-10(11)5-9/h7,9-11H,3-6,8H2,1-2H3,(H,15,16,17). The zero-order valence-corrected chi connectivity index (χ0v) is 11.6. The second-order valence-corrected chi connectivity index (χ2v) is 5.59. The van der Waals surface area contributed by atoms with Crippen LogP contribution in [0.4, 0.5) is 5.95 Å². The molecule has 2 bridgehead atoms. The molecular weight excluding hydrogens is 242 g/mol. The molecule has 0 amide bonds. The number of hydrogen-bond donors (Lipinski definition) is 1. The molecule has 3 atom stereocenters. The van der Waals surface area contributed by atoms with Crippen LogP contribution >= 0.6 is 0 Å². The fourth-order valence-electron chi connectivity index (χ4n) is 3.54. The van der Waals surface area contributed by atoms with Gasteiger partial charge in [-0.2, -0.15) is 9.97 Å². The van der Waals surface area contributed by atoms with Crippen LogP contribution in [0.5, 0.6) is 11.8 Å². The van der Waals surface area contributed by atoms with Crippen molar-refractivity contribution in [3.63, 3.8) is 0 Å². The summed E-state index contributed by atoms with van der Waals surface area (Å²) in [4.78, 5) is 8.60. The second kappa shape index (κ2) is 5.23. The molecule has 2 aliphatic carbocycles. The van der Waals surface area contributed by atoms with E-state index in [4.69, 9.17) is 9.47 Å². The van der Waals surface area contributed by atoms with Gasteiger partial charge in [-0.3, -0.25) is 0 Å². The number of aromatic nitrogens is 2. The Labute approximate surface area is 113 Å². The predicted molar refractivity (Wildman–Crippen MR) is 72.6 cm³/mol. The van der Waals surface area contributed by atoms with Crippen LogP contribution in [-0.4, -0.2) is 30.7 Å². The van der Waals surface area contributed by atoms with Gasteiger partial charge in [0.2, 0.25) is 17.7 Å². The summed E-state index contributed by atoms with van der Waals surface area (Å²) in [5, 5.41) is 3.34. The maximum atomic E-state index is 5.15. The van der Waals surface area contributed by atoms with E-state index in [1.807, 2.05) is 0 Å². The predicted octanol–water partition coefficient (Wildman–Crippen LogP) is 2.34. The van der Waals surface area contributed by atoms with Gasteiger partial charge in [-0.05, 0) is 37.0 Å². The Kier molecular flexibility index (Phi) is 3.44. The summed E-state index contributed by atoms with van der Waals surface area (Å²) in [6.07, 6.45) is 5.62. The Bertz CT molecular complexity index is 430. The molecular formula is C14H21N3O2. The second-order valence-electron chi connectivity index (χ2n) is 5.59. The Balaban J connectivity index is 1.63. The summed E-state index contributed by atoms with van der Waals surface area (Å²) in [5.41, 5.74) is 0. The lowest BCUT2D eigenvalue weighted by Crippen LogP contribution is -2.21. The van der Waals surface area contributed by atoms with Crippen molar-refractivity contribution in [2.75, 3.05) is 26.1 Å². The molecule has 1 aromatic rings. The molecule has 3 rings (SSSR count). The third kappa shape index (κ3) is 2.60. The summed E-state index contributed by atoms with van der Waals surface area (Å²) in [5.74, 6) is 4.31. The average Bonchev–Trinajstić information content (AvgIpc) is 3.07. The molecule has 1 N–H and O–H groups in total. The van der Waals surface area contributed by atoms with Crippen LogP contribution < -0.4 is 14.8 Å². The van der Waals surface area contributed by atoms with Gasteiger partial charge in [-0.15, -0.1) is 0 Å². The molecule has 2 fully saturated rings. The molecule has 0 aromatic carbocycles. The number of fused-ring (bicyclic) bond motifs is 2. The van der Waals surface area contributed by atoms with Crippen molar-refractivity contribution in [1.29, 1.82) is 0 Å². The van der Waals surface area contributed by atoms with Crippen LogP contribution in [-0.2, 0) is 0 Å². The minimum atomic E-state index is 0.530. The van der Waals surface area contributed by atoms with Gasteiger partial charge >= 0.3 is 0 Å². The Morgan fingerprint density at radius 2 is 1.89 bits per heavy atom. The topological polar surface area (TPSA) is 56.3 Å². The number of rotatable bonds is 5. The molecule has 0 saturated heterocycles. The molecule has 0 radical (unpaired) electrons. The molecule has 1 heterocycles. The van der Waals surface area contributed by atoms with E-state index < -0.39 is 0 Å². The average molecular weight is 263 g/mol. The van der Waals surface area contributed by atoms with Crippen LogP contribution in [0.3, 0.4) is 0 Å². The van der Waals surface area contributed by atoms with Crippen LogP contribution in [0.25, 0.3) is 0 Å². The van der Waals surface area contributed by atoms with E-state index in [1.165, 1.54) is 25.7 Å². The number of methoxy groups -OCH3 is 2. The van der Waals surface area contributed by atoms with Crippen molar-refractivity contribution in [2.45, 2.75) is 25.7 Å². The van der Waals surface area contributed by atoms with Crippen LogP contribution in [0.2, 0.25) is 0 Å². The van der Waals surface area contributed by atoms with Crippen molar-refractivity contribution >= 4 is 5.95 Å². The van der Waals surface area contributed by atoms with E-state index in [0.717, 1.165) is 24.3 Å². The largest absolute Gasteiger partial charge is 0.481 e. The molecule has 5 heteroatoms. The van der Waals surface area contributed by atoms with E-state index in [9.17, 15) is 0 Å². The first-order valence-corrected chi connectivity index (χ1v) is 6.99. The lowest BCUT2D eigenvalue weighted by molar-refractivity contribution is 0.346. The van der Waals surface area contributed by atoms with Crippen LogP contribution in [0.15, 0.2) is 6.07 Å². The Morgan fingerprint density at radius 3 is 2.42 bits per heavy atom. The highest BCUT2D eigenvalue weighted by Gasteiger charge is 2.39. The number of ether oxygens (including phenoxy) is 2. The van der Waals surface area contributed by atoms with Gasteiger partial charge in [-0.25, -0.2) is 0 Å². The van der Waals surface area contributed by atoms with E-state index in [1.54, 1.807) is 20.3 Å². The summed E-state index contributed by atoms with van der Waals surface area (Å²) in [6, 6.07) is 1.68. The van der Waals surface area contributed by atoms with Gasteiger partial charge < -0.3 is 14.8 Å². The molecule has 3 unspecified atom stereocenters. The van der Waals surface area contributed by atoms with Crippen molar-refractivity contribution in [1.82, 2.24) is 9.97 Å². The summed E-state index contributed by atoms with van der Waals surface area (Å²) >= 11 is 0. The van der Waals surface area contributed by atoms with Gasteiger partial charge in [0.05, 0.1) is 20.3 Å². The highest BCUT2D eigenvalue weighted by molar-refractivity contribution is 5.33. The fourth-order valence-corrected chi connectivity index (χ4v) is 3.54. The SMILES string of the molecule is COc1cc(OC)nc(NCC2CC3CCC2C3)n1. The molecule has 0 aliphatic heterocycles. The van der Waals surface area contributed by atoms with Gasteiger partial charge in [0.15, 0.2) is 0 Å². The van der Waals surface area contributed by atoms with Gasteiger partial charge in [-0.1, -0.05) is 6.42 Å². The third-order valence-electron chi connectivity index (χ3n) is 4.50. The summed E-state index contributed by atoms with van der Waals surface area (Å²) in [6.45, 7) is 0.956. The number of nitrogens with zero attached hydrogens (tertiary/aromatic N) is 2. The Morgan fingerprint density at radius 1 is 1.16 bits per heavy atom. The van der Waals surface area contributed by atoms with Crippen molar-refractivity contribution in [3.05, 3.63) is 6.07 Å². The zero-order chi connectivity index (χ0) is 13.2. The van der Waals surface area contributed by atoms with E-state index in [-0.39, 0.29) is 0 Å². The highest BCUT2D eigenvalue weighted by Crippen LogP contribution is 2.48. The minimum absolute atomic E-state index is 0.530. The smallest absolute Gasteiger partial charge is 0.229 e. The van der Waals surface area contributed by atoms with Crippen molar-refractivity contribution < 1.29 is 9.47 Å². The van der Waals surface area contributed by atoms with Crippen molar-refractivity contribution in [3.8, 4) is 11.8 Å². The van der Waals surface area contributed by atoms with E-state index >= 15 is 0 Å². The quantitative estimate of drug-likeness (QED) is 0.883. The molecule has 19 heavy (non-hydrogen) atoms. The lowest BCUT2D eigenvalue weighted by Gasteiger charge is -2.21. The van der Waals surface area contributed by atoms with Gasteiger partial charge in [0.1, 0.15) is 0 Å². The first kappa shape index (κ1) is 12.5. The van der Waals surface area contributed by atoms with Crippen LogP contribution in [0, 0.1) is 17.8 Å². The fraction of sp³-hybridized carbons (Fsp3) is 0.714. The normalized spacial score (nSPS) is 28.4. The Hall–Kier alpha value is -1.52. The minimum Gasteiger partial charge on any atom is -0.481 e. The summed E-state index contributed by atoms with van der Waals surface area (Å²) in [7, 11) is 3.20. The lowest BCUT2D eigenvalue weighted by atomic mass is 9.89. The number of anilines is 1. The molecule has 104 valence electrons.